The molecule has 2 aliphatic heterocycles. The van der Waals surface area contributed by atoms with Gasteiger partial charge in [0, 0.05) is 83.7 Å². The van der Waals surface area contributed by atoms with E-state index in [1.807, 2.05) is 74.8 Å². The summed E-state index contributed by atoms with van der Waals surface area (Å²) in [6.45, 7) is 1.57. The van der Waals surface area contributed by atoms with Crippen LogP contribution in [0.3, 0.4) is 0 Å². The van der Waals surface area contributed by atoms with Gasteiger partial charge in [0.25, 0.3) is 11.8 Å². The molecule has 1 aliphatic carbocycles. The minimum Gasteiger partial charge on any atom is -0.478 e. The molecule has 0 spiro atoms. The first-order chi connectivity index (χ1) is 37.6. The molecule has 3 aromatic carbocycles. The van der Waals surface area contributed by atoms with Gasteiger partial charge in [-0.2, -0.15) is 40.5 Å². The van der Waals surface area contributed by atoms with E-state index in [0.29, 0.717) is 63.9 Å². The normalized spacial score (nSPS) is 15.9. The van der Waals surface area contributed by atoms with Gasteiger partial charge in [0.05, 0.1) is 17.6 Å². The topological polar surface area (TPSA) is 280 Å². The van der Waals surface area contributed by atoms with Crippen LogP contribution in [-0.2, 0) is 0 Å². The number of carboxylic acid groups (broad SMARTS) is 1. The quantitative estimate of drug-likeness (QED) is 0.0745. The molecule has 3 aliphatic rings. The number of nitrogens with two attached hydrogens (primary N) is 3. The maximum absolute atomic E-state index is 14.2. The van der Waals surface area contributed by atoms with Gasteiger partial charge >= 0.3 is 5.97 Å². The molecule has 9 N–H and O–H groups in total. The van der Waals surface area contributed by atoms with Crippen molar-refractivity contribution in [2.75, 3.05) is 35.6 Å². The maximum Gasteiger partial charge on any atom is 0.335 e. The number of aromatic nitrogens is 10. The Labute approximate surface area is 480 Å². The first kappa shape index (κ1) is 56.2. The second-order valence-corrected chi connectivity index (χ2v) is 19.5. The van der Waals surface area contributed by atoms with Gasteiger partial charge in [0.2, 0.25) is 0 Å². The van der Waals surface area contributed by atoms with Crippen LogP contribution in [0, 0.1) is 0 Å². The standard InChI is InChI=1S/C40H37N11O2.C17H17N5O2.3H2S/c41-35-33-31(47-37(26-6-1-2-7-26)50(33)22-19-44-35)25-12-16-28(17-13-25)40(53)49-21-5-8-29(49)38-48-32(34-36(42)45-20-23-51(34)38)24-10-14-27(15-11-24)39(52)46-30-9-3-4-18-43-30;18-15-14-13(10-3-5-11(6-4-10)17(23)24)21-16(12-2-1-7-19-12)22(14)9-8-20-15;;;/h3-4,9-20,22-23,26,29H,1-2,5-8,21H2,(H2,41,44)(H2,42,45)(H,43,46,52);3-6,8-9,12,19H,1-2,7H2,(H2,18,20)(H,23,24);3*1H2/t29-;12-;;;/m00.../s1. The number of imidazole rings is 3. The van der Waals surface area contributed by atoms with E-state index < -0.39 is 5.97 Å². The highest BCUT2D eigenvalue weighted by atomic mass is 32.1. The number of aromatic carboxylic acids is 1. The molecule has 2 amide bonds. The van der Waals surface area contributed by atoms with Crippen LogP contribution >= 0.6 is 40.5 Å². The molecule has 2 saturated heterocycles. The summed E-state index contributed by atoms with van der Waals surface area (Å²) in [5, 5.41) is 15.3. The zero-order chi connectivity index (χ0) is 52.7. The highest BCUT2D eigenvalue weighted by Gasteiger charge is 2.35. The highest BCUT2D eigenvalue weighted by Crippen LogP contribution is 2.40. The SMILES string of the molecule is Nc1nccn2c(C3CCCC3)nc(-c3ccc(C(=O)N4CCC[C@H]4c4nc(-c5ccc(C(=O)Nc6ccccn6)cc5)c5c(N)nccn45)cc3)c12.Nc1nccn2c([C@@H]3CCCN3)nc(-c3ccc(C(=O)O)cc3)c12.S.S.S. The molecule has 0 radical (unpaired) electrons. The summed E-state index contributed by atoms with van der Waals surface area (Å²) in [5.41, 5.74) is 27.1. The number of hydrogen-bond donors (Lipinski definition) is 6. The minimum absolute atomic E-state index is 0. The summed E-state index contributed by atoms with van der Waals surface area (Å²) in [7, 11) is 0. The number of carbonyl (C=O) groups excluding carboxylic acids is 2. The van der Waals surface area contributed by atoms with Crippen molar-refractivity contribution in [1.29, 1.82) is 0 Å². The molecule has 3 fully saturated rings. The van der Waals surface area contributed by atoms with Crippen molar-refractivity contribution < 1.29 is 19.5 Å². The summed E-state index contributed by atoms with van der Waals surface area (Å²) < 4.78 is 6.00. The van der Waals surface area contributed by atoms with Crippen LogP contribution < -0.4 is 27.8 Å². The largest absolute Gasteiger partial charge is 0.478 e. The van der Waals surface area contributed by atoms with Gasteiger partial charge in [-0.25, -0.2) is 39.7 Å². The zero-order valence-electron chi connectivity index (χ0n) is 43.3. The summed E-state index contributed by atoms with van der Waals surface area (Å²) >= 11 is 0. The Balaban J connectivity index is 0.000000241. The Hall–Kier alpha value is -8.51. The predicted molar refractivity (Wildman–Crippen MR) is 323 cm³/mol. The maximum atomic E-state index is 14.2. The number of likely N-dealkylation sites (tertiary alicyclic amines) is 1. The number of hydrogen-bond acceptors (Lipinski definition) is 14. The van der Waals surface area contributed by atoms with Gasteiger partial charge in [-0.3, -0.25) is 22.8 Å². The van der Waals surface area contributed by atoms with Gasteiger partial charge in [0.15, 0.2) is 0 Å². The van der Waals surface area contributed by atoms with Crippen LogP contribution in [0.15, 0.2) is 134 Å². The third kappa shape index (κ3) is 10.6. The van der Waals surface area contributed by atoms with E-state index in [0.717, 1.165) is 95.8 Å². The molecule has 0 unspecified atom stereocenters. The molecule has 1 saturated carbocycles. The average Bonchev–Trinajstić information content (AvgIpc) is 4.33. The number of anilines is 4. The van der Waals surface area contributed by atoms with E-state index >= 15 is 0 Å². The lowest BCUT2D eigenvalue weighted by Gasteiger charge is -2.24. The Morgan fingerprint density at radius 2 is 1.04 bits per heavy atom. The van der Waals surface area contributed by atoms with Crippen molar-refractivity contribution in [3.63, 3.8) is 0 Å². The number of nitrogens with zero attached hydrogens (tertiary/aromatic N) is 11. The van der Waals surface area contributed by atoms with Gasteiger partial charge in [0.1, 0.15) is 74.4 Å². The number of nitrogens with one attached hydrogen (secondary N) is 2. The van der Waals surface area contributed by atoms with Crippen molar-refractivity contribution in [2.45, 2.75) is 69.4 Å². The van der Waals surface area contributed by atoms with Crippen molar-refractivity contribution in [2.24, 2.45) is 0 Å². The number of fused-ring (bicyclic) bond motifs is 3. The lowest BCUT2D eigenvalue weighted by molar-refractivity contribution is 0.0694. The lowest BCUT2D eigenvalue weighted by Crippen LogP contribution is -2.31. The fraction of sp³-hybridized carbons (Fsp3) is 0.228. The third-order valence-electron chi connectivity index (χ3n) is 14.9. The molecule has 7 aromatic heterocycles. The van der Waals surface area contributed by atoms with Crippen molar-refractivity contribution in [3.8, 4) is 33.8 Å². The van der Waals surface area contributed by atoms with Crippen LogP contribution in [0.1, 0.15) is 118 Å². The number of carboxylic acids is 1. The van der Waals surface area contributed by atoms with Gasteiger partial charge in [-0.15, -0.1) is 0 Å². The van der Waals surface area contributed by atoms with Gasteiger partial charge in [-0.1, -0.05) is 55.3 Å². The summed E-state index contributed by atoms with van der Waals surface area (Å²) in [6.07, 6.45) is 20.6. The molecular weight excluding hydrogens is 1070 g/mol. The molecule has 80 heavy (non-hydrogen) atoms. The fourth-order valence-corrected chi connectivity index (χ4v) is 11.1. The number of nitrogen functional groups attached to an aromatic ring is 3. The van der Waals surface area contributed by atoms with Crippen molar-refractivity contribution in [1.82, 2.24) is 58.3 Å². The number of rotatable bonds is 10. The first-order valence-electron chi connectivity index (χ1n) is 25.8. The third-order valence-corrected chi connectivity index (χ3v) is 14.9. The first-order valence-corrected chi connectivity index (χ1v) is 25.8. The number of carbonyl (C=O) groups is 3. The predicted octanol–water partition coefficient (Wildman–Crippen LogP) is 8.99. The molecule has 9 heterocycles. The van der Waals surface area contributed by atoms with Crippen LogP contribution in [0.5, 0.6) is 0 Å². The zero-order valence-corrected chi connectivity index (χ0v) is 46.3. The van der Waals surface area contributed by atoms with E-state index in [2.05, 4.69) is 35.0 Å². The molecule has 13 rings (SSSR count). The fourth-order valence-electron chi connectivity index (χ4n) is 11.1. The van der Waals surface area contributed by atoms with E-state index in [-0.39, 0.29) is 69.9 Å². The number of amides is 2. The Bertz CT molecular complexity index is 3860. The summed E-state index contributed by atoms with van der Waals surface area (Å²) in [4.78, 5) is 72.1. The molecule has 410 valence electrons. The molecular formula is C57H60N16O4S3. The smallest absolute Gasteiger partial charge is 0.335 e. The van der Waals surface area contributed by atoms with Crippen LogP contribution in [-0.4, -0.2) is 89.0 Å². The van der Waals surface area contributed by atoms with Gasteiger partial charge < -0.3 is 37.8 Å². The van der Waals surface area contributed by atoms with E-state index in [4.69, 9.17) is 37.3 Å². The number of pyridine rings is 1. The second-order valence-electron chi connectivity index (χ2n) is 19.5. The van der Waals surface area contributed by atoms with Crippen LogP contribution in [0.4, 0.5) is 23.3 Å². The molecule has 23 heteroatoms. The van der Waals surface area contributed by atoms with E-state index in [1.165, 1.54) is 12.8 Å². The lowest BCUT2D eigenvalue weighted by atomic mass is 10.1. The summed E-state index contributed by atoms with van der Waals surface area (Å²) in [5.74, 6) is 3.36. The molecule has 2 atom stereocenters. The molecule has 20 nitrogen and oxygen atoms in total. The highest BCUT2D eigenvalue weighted by molar-refractivity contribution is 7.59. The van der Waals surface area contributed by atoms with Gasteiger partial charge in [-0.05, 0) is 93.6 Å². The van der Waals surface area contributed by atoms with E-state index in [1.54, 1.807) is 73.3 Å². The molecule has 10 aromatic rings. The molecule has 0 bridgehead atoms. The second kappa shape index (κ2) is 23.8. The summed E-state index contributed by atoms with van der Waals surface area (Å²) in [6, 6.07) is 26.7. The minimum atomic E-state index is -0.951. The van der Waals surface area contributed by atoms with E-state index in [9.17, 15) is 14.4 Å². The van der Waals surface area contributed by atoms with Crippen molar-refractivity contribution >= 4 is 98.1 Å². The van der Waals surface area contributed by atoms with Crippen molar-refractivity contribution in [3.05, 3.63) is 169 Å². The monoisotopic (exact) mass is 1130 g/mol. The average molecular weight is 1130 g/mol. The Morgan fingerprint density at radius 1 is 0.537 bits per heavy atom. The Morgan fingerprint density at radius 3 is 1.55 bits per heavy atom. The number of benzene rings is 3. The Kier molecular flexibility index (Phi) is 16.8. The van der Waals surface area contributed by atoms with Crippen LogP contribution in [0.2, 0.25) is 0 Å². The van der Waals surface area contributed by atoms with Crippen LogP contribution in [0.25, 0.3) is 50.3 Å².